The summed E-state index contributed by atoms with van der Waals surface area (Å²) in [5.74, 6) is 3.19. The maximum atomic E-state index is 13.0. The molecule has 0 atom stereocenters. The SMILES string of the molecule is COCCN(Cc1nc(-c2ccc(F)cc2)no1)C1CCSCC1. The van der Waals surface area contributed by atoms with Crippen LogP contribution < -0.4 is 0 Å². The third-order valence-electron chi connectivity index (χ3n) is 4.20. The van der Waals surface area contributed by atoms with Gasteiger partial charge in [-0.05, 0) is 48.6 Å². The Morgan fingerprint density at radius 2 is 2.04 bits per heavy atom. The average Bonchev–Trinajstić information content (AvgIpc) is 3.08. The summed E-state index contributed by atoms with van der Waals surface area (Å²) in [7, 11) is 1.72. The molecule has 24 heavy (non-hydrogen) atoms. The van der Waals surface area contributed by atoms with Crippen LogP contribution in [-0.4, -0.2) is 52.8 Å². The summed E-state index contributed by atoms with van der Waals surface area (Å²) < 4.78 is 23.7. The molecule has 130 valence electrons. The van der Waals surface area contributed by atoms with Gasteiger partial charge < -0.3 is 9.26 Å². The zero-order chi connectivity index (χ0) is 16.8. The van der Waals surface area contributed by atoms with E-state index in [9.17, 15) is 4.39 Å². The highest BCUT2D eigenvalue weighted by molar-refractivity contribution is 7.99. The van der Waals surface area contributed by atoms with E-state index in [1.54, 1.807) is 19.2 Å². The lowest BCUT2D eigenvalue weighted by atomic mass is 10.1. The molecule has 1 aromatic heterocycles. The van der Waals surface area contributed by atoms with Crippen molar-refractivity contribution in [1.82, 2.24) is 15.0 Å². The molecule has 2 heterocycles. The Balaban J connectivity index is 1.68. The normalized spacial score (nSPS) is 16.0. The first-order valence-electron chi connectivity index (χ1n) is 8.15. The van der Waals surface area contributed by atoms with Gasteiger partial charge in [-0.25, -0.2) is 4.39 Å². The molecule has 0 unspecified atom stereocenters. The summed E-state index contributed by atoms with van der Waals surface area (Å²) in [6.07, 6.45) is 2.35. The molecular weight excluding hydrogens is 329 g/mol. The molecule has 3 rings (SSSR count). The summed E-state index contributed by atoms with van der Waals surface area (Å²) in [4.78, 5) is 6.83. The fourth-order valence-corrected chi connectivity index (χ4v) is 3.94. The fourth-order valence-electron chi connectivity index (χ4n) is 2.86. The van der Waals surface area contributed by atoms with E-state index in [0.29, 0.717) is 30.9 Å². The lowest BCUT2D eigenvalue weighted by Gasteiger charge is -2.32. The second kappa shape index (κ2) is 8.60. The summed E-state index contributed by atoms with van der Waals surface area (Å²) in [6, 6.07) is 6.64. The molecule has 1 fully saturated rings. The van der Waals surface area contributed by atoms with Crippen molar-refractivity contribution in [2.45, 2.75) is 25.4 Å². The van der Waals surface area contributed by atoms with Crippen LogP contribution in [0.15, 0.2) is 28.8 Å². The Hall–Kier alpha value is -1.44. The molecule has 0 bridgehead atoms. The molecule has 0 radical (unpaired) electrons. The minimum atomic E-state index is -0.275. The van der Waals surface area contributed by atoms with Crippen molar-refractivity contribution in [3.05, 3.63) is 36.0 Å². The first kappa shape index (κ1) is 17.4. The molecule has 0 amide bonds. The lowest BCUT2D eigenvalue weighted by molar-refractivity contribution is 0.100. The van der Waals surface area contributed by atoms with Gasteiger partial charge in [0.05, 0.1) is 13.2 Å². The van der Waals surface area contributed by atoms with Gasteiger partial charge in [0.1, 0.15) is 5.82 Å². The third kappa shape index (κ3) is 4.55. The van der Waals surface area contributed by atoms with Crippen LogP contribution >= 0.6 is 11.8 Å². The number of thioether (sulfide) groups is 1. The topological polar surface area (TPSA) is 51.4 Å². The second-order valence-corrected chi connectivity index (χ2v) is 7.05. The molecule has 1 aromatic carbocycles. The summed E-state index contributed by atoms with van der Waals surface area (Å²) >= 11 is 2.01. The van der Waals surface area contributed by atoms with Crippen molar-refractivity contribution >= 4 is 11.8 Å². The molecule has 0 saturated carbocycles. The van der Waals surface area contributed by atoms with Crippen molar-refractivity contribution in [1.29, 1.82) is 0 Å². The van der Waals surface area contributed by atoms with Crippen LogP contribution in [0.25, 0.3) is 11.4 Å². The molecule has 1 aliphatic heterocycles. The van der Waals surface area contributed by atoms with Gasteiger partial charge in [-0.15, -0.1) is 0 Å². The molecular formula is C17H22FN3O2S. The highest BCUT2D eigenvalue weighted by Crippen LogP contribution is 2.23. The first-order valence-corrected chi connectivity index (χ1v) is 9.31. The van der Waals surface area contributed by atoms with Crippen LogP contribution in [0.4, 0.5) is 4.39 Å². The number of nitrogens with zero attached hydrogens (tertiary/aromatic N) is 3. The van der Waals surface area contributed by atoms with Crippen LogP contribution in [0.3, 0.4) is 0 Å². The number of benzene rings is 1. The highest BCUT2D eigenvalue weighted by atomic mass is 32.2. The average molecular weight is 351 g/mol. The number of rotatable bonds is 7. The number of methoxy groups -OCH3 is 1. The van der Waals surface area contributed by atoms with Crippen molar-refractivity contribution < 1.29 is 13.7 Å². The van der Waals surface area contributed by atoms with Crippen LogP contribution in [0.2, 0.25) is 0 Å². The monoisotopic (exact) mass is 351 g/mol. The smallest absolute Gasteiger partial charge is 0.241 e. The number of hydrogen-bond acceptors (Lipinski definition) is 6. The summed E-state index contributed by atoms with van der Waals surface area (Å²) in [5, 5.41) is 4.02. The van der Waals surface area contributed by atoms with E-state index in [4.69, 9.17) is 9.26 Å². The van der Waals surface area contributed by atoms with E-state index in [1.807, 2.05) is 11.8 Å². The Morgan fingerprint density at radius 1 is 1.29 bits per heavy atom. The first-order chi connectivity index (χ1) is 11.8. The number of ether oxygens (including phenoxy) is 1. The summed E-state index contributed by atoms with van der Waals surface area (Å²) in [6.45, 7) is 2.15. The molecule has 1 aliphatic rings. The number of halogens is 1. The van der Waals surface area contributed by atoms with E-state index in [2.05, 4.69) is 15.0 Å². The molecule has 2 aromatic rings. The Kier molecular flexibility index (Phi) is 6.23. The fraction of sp³-hybridized carbons (Fsp3) is 0.529. The van der Waals surface area contributed by atoms with Gasteiger partial charge in [-0.2, -0.15) is 16.7 Å². The van der Waals surface area contributed by atoms with E-state index in [-0.39, 0.29) is 5.82 Å². The van der Waals surface area contributed by atoms with E-state index >= 15 is 0 Å². The van der Waals surface area contributed by atoms with Gasteiger partial charge in [0.15, 0.2) is 0 Å². The van der Waals surface area contributed by atoms with E-state index < -0.39 is 0 Å². The van der Waals surface area contributed by atoms with Crippen LogP contribution in [0.5, 0.6) is 0 Å². The standard InChI is InChI=1S/C17H22FN3O2S/c1-22-9-8-21(15-6-10-24-11-7-15)12-16-19-17(20-23-16)13-2-4-14(18)5-3-13/h2-5,15H,6-12H2,1H3. The van der Waals surface area contributed by atoms with Crippen LogP contribution in [0.1, 0.15) is 18.7 Å². The predicted molar refractivity (Wildman–Crippen MR) is 92.3 cm³/mol. The van der Waals surface area contributed by atoms with Gasteiger partial charge in [0, 0.05) is 25.3 Å². The largest absolute Gasteiger partial charge is 0.383 e. The highest BCUT2D eigenvalue weighted by Gasteiger charge is 2.23. The molecule has 0 aliphatic carbocycles. The summed E-state index contributed by atoms with van der Waals surface area (Å²) in [5.41, 5.74) is 0.754. The molecule has 5 nitrogen and oxygen atoms in total. The van der Waals surface area contributed by atoms with E-state index in [0.717, 1.165) is 12.1 Å². The van der Waals surface area contributed by atoms with Crippen molar-refractivity contribution in [2.24, 2.45) is 0 Å². The van der Waals surface area contributed by atoms with Crippen molar-refractivity contribution in [2.75, 3.05) is 31.8 Å². The molecule has 0 N–H and O–H groups in total. The predicted octanol–water partition coefficient (Wildman–Crippen LogP) is 3.22. The maximum absolute atomic E-state index is 13.0. The van der Waals surface area contributed by atoms with Gasteiger partial charge in [-0.3, -0.25) is 4.90 Å². The third-order valence-corrected chi connectivity index (χ3v) is 5.25. The quantitative estimate of drug-likeness (QED) is 0.763. The van der Waals surface area contributed by atoms with Crippen molar-refractivity contribution in [3.63, 3.8) is 0 Å². The number of aromatic nitrogens is 2. The molecule has 0 spiro atoms. The Bertz CT molecular complexity index is 629. The molecule has 1 saturated heterocycles. The number of hydrogen-bond donors (Lipinski definition) is 0. The zero-order valence-electron chi connectivity index (χ0n) is 13.8. The second-order valence-electron chi connectivity index (χ2n) is 5.83. The van der Waals surface area contributed by atoms with E-state index in [1.165, 1.54) is 36.5 Å². The van der Waals surface area contributed by atoms with Gasteiger partial charge in [0.2, 0.25) is 11.7 Å². The van der Waals surface area contributed by atoms with Gasteiger partial charge in [-0.1, -0.05) is 5.16 Å². The van der Waals surface area contributed by atoms with Crippen LogP contribution in [-0.2, 0) is 11.3 Å². The molecule has 7 heteroatoms. The van der Waals surface area contributed by atoms with Crippen molar-refractivity contribution in [3.8, 4) is 11.4 Å². The zero-order valence-corrected chi connectivity index (χ0v) is 14.6. The lowest BCUT2D eigenvalue weighted by Crippen LogP contribution is -2.39. The Morgan fingerprint density at radius 3 is 2.75 bits per heavy atom. The minimum Gasteiger partial charge on any atom is -0.383 e. The van der Waals surface area contributed by atoms with Gasteiger partial charge in [0.25, 0.3) is 0 Å². The Labute approximate surface area is 145 Å². The van der Waals surface area contributed by atoms with Crippen LogP contribution in [0, 0.1) is 5.82 Å². The minimum absolute atomic E-state index is 0.275. The van der Waals surface area contributed by atoms with Gasteiger partial charge >= 0.3 is 0 Å². The maximum Gasteiger partial charge on any atom is 0.241 e.